The number of rotatable bonds is 10. The van der Waals surface area contributed by atoms with Crippen molar-refractivity contribution in [1.82, 2.24) is 14.3 Å². The maximum Gasteiger partial charge on any atom is 0.387 e. The van der Waals surface area contributed by atoms with Crippen molar-refractivity contribution in [2.24, 2.45) is 4.99 Å². The topological polar surface area (TPSA) is 62.8 Å². The van der Waals surface area contributed by atoms with Gasteiger partial charge < -0.3 is 18.8 Å². The number of methoxy groups -OCH3 is 2. The Morgan fingerprint density at radius 2 is 2.03 bits per heavy atom. The number of benzene rings is 1. The molecule has 1 atom stereocenters. The lowest BCUT2D eigenvalue weighted by Gasteiger charge is -2.18. The van der Waals surface area contributed by atoms with Crippen LogP contribution in [0.1, 0.15) is 6.92 Å². The summed E-state index contributed by atoms with van der Waals surface area (Å²) in [6.07, 6.45) is 3.29. The van der Waals surface area contributed by atoms with Crippen molar-refractivity contribution in [3.63, 3.8) is 0 Å². The number of hydrogen-bond donors (Lipinski definition) is 0. The summed E-state index contributed by atoms with van der Waals surface area (Å²) < 4.78 is 45.1. The van der Waals surface area contributed by atoms with Gasteiger partial charge in [-0.05, 0) is 19.1 Å². The lowest BCUT2D eigenvalue weighted by molar-refractivity contribution is -0.0494. The molecule has 1 unspecified atom stereocenters. The fourth-order valence-corrected chi connectivity index (χ4v) is 3.90. The molecule has 3 rings (SSSR count). The Labute approximate surface area is 177 Å². The molecule has 0 aliphatic rings. The van der Waals surface area contributed by atoms with Crippen LogP contribution in [0.15, 0.2) is 47.0 Å². The van der Waals surface area contributed by atoms with Crippen LogP contribution < -0.4 is 9.54 Å². The van der Waals surface area contributed by atoms with Gasteiger partial charge >= 0.3 is 6.61 Å². The molecule has 30 heavy (non-hydrogen) atoms. The van der Waals surface area contributed by atoms with Crippen molar-refractivity contribution in [2.75, 3.05) is 20.8 Å². The van der Waals surface area contributed by atoms with Gasteiger partial charge in [0.1, 0.15) is 11.4 Å². The molecule has 0 bridgehead atoms. The number of nitrogens with zero attached hydrogens (tertiary/aromatic N) is 4. The van der Waals surface area contributed by atoms with E-state index in [0.717, 1.165) is 6.54 Å². The smallest absolute Gasteiger partial charge is 0.387 e. The summed E-state index contributed by atoms with van der Waals surface area (Å²) in [4.78, 5) is 5.39. The van der Waals surface area contributed by atoms with E-state index < -0.39 is 6.61 Å². The van der Waals surface area contributed by atoms with Crippen LogP contribution in [-0.4, -0.2) is 47.9 Å². The SMILES string of the molecule is CCn1cc(N=c2scc(-c3ccccc3OC(F)F)n2CC(COC)OC)cn1. The van der Waals surface area contributed by atoms with E-state index in [4.69, 9.17) is 19.2 Å². The van der Waals surface area contributed by atoms with Gasteiger partial charge in [0.05, 0.1) is 37.3 Å². The maximum atomic E-state index is 12.9. The lowest BCUT2D eigenvalue weighted by atomic mass is 10.1. The third kappa shape index (κ3) is 5.32. The summed E-state index contributed by atoms with van der Waals surface area (Å²) in [5.41, 5.74) is 1.96. The van der Waals surface area contributed by atoms with Gasteiger partial charge in [0.25, 0.3) is 0 Å². The van der Waals surface area contributed by atoms with Gasteiger partial charge in [-0.1, -0.05) is 12.1 Å². The van der Waals surface area contributed by atoms with E-state index in [9.17, 15) is 8.78 Å². The summed E-state index contributed by atoms with van der Waals surface area (Å²) in [7, 11) is 3.20. The molecular formula is C20H24F2N4O3S. The zero-order valence-corrected chi connectivity index (χ0v) is 17.8. The first kappa shape index (κ1) is 22.1. The summed E-state index contributed by atoms with van der Waals surface area (Å²) in [6, 6.07) is 6.70. The minimum absolute atomic E-state index is 0.102. The average Bonchev–Trinajstić information content (AvgIpc) is 3.35. The maximum absolute atomic E-state index is 12.9. The Morgan fingerprint density at radius 3 is 2.70 bits per heavy atom. The highest BCUT2D eigenvalue weighted by Gasteiger charge is 2.18. The van der Waals surface area contributed by atoms with Crippen LogP contribution in [0.4, 0.5) is 14.5 Å². The van der Waals surface area contributed by atoms with Crippen molar-refractivity contribution < 1.29 is 23.0 Å². The van der Waals surface area contributed by atoms with E-state index in [2.05, 4.69) is 5.10 Å². The monoisotopic (exact) mass is 438 g/mol. The van der Waals surface area contributed by atoms with Crippen LogP contribution in [0.2, 0.25) is 0 Å². The Kier molecular flexibility index (Phi) is 7.72. The van der Waals surface area contributed by atoms with Gasteiger partial charge in [-0.2, -0.15) is 13.9 Å². The molecular weight excluding hydrogens is 414 g/mol. The summed E-state index contributed by atoms with van der Waals surface area (Å²) in [6.45, 7) is 0.619. The summed E-state index contributed by atoms with van der Waals surface area (Å²) in [5, 5.41) is 6.12. The third-order valence-corrected chi connectivity index (χ3v) is 5.28. The quantitative estimate of drug-likeness (QED) is 0.481. The molecule has 1 aromatic carbocycles. The number of aromatic nitrogens is 3. The molecule has 0 spiro atoms. The van der Waals surface area contributed by atoms with E-state index in [1.165, 1.54) is 17.4 Å². The van der Waals surface area contributed by atoms with Gasteiger partial charge in [-0.3, -0.25) is 4.68 Å². The molecule has 0 saturated heterocycles. The minimum Gasteiger partial charge on any atom is -0.434 e. The molecule has 0 aliphatic heterocycles. The molecule has 0 N–H and O–H groups in total. The van der Waals surface area contributed by atoms with Crippen LogP contribution >= 0.6 is 11.3 Å². The molecule has 0 amide bonds. The van der Waals surface area contributed by atoms with E-state index in [1.54, 1.807) is 43.3 Å². The number of halogens is 2. The third-order valence-electron chi connectivity index (χ3n) is 4.42. The number of hydrogen-bond acceptors (Lipinski definition) is 6. The molecule has 0 saturated carbocycles. The predicted octanol–water partition coefficient (Wildman–Crippen LogP) is 3.93. The van der Waals surface area contributed by atoms with Gasteiger partial charge in [0.2, 0.25) is 0 Å². The number of ether oxygens (including phenoxy) is 3. The average molecular weight is 439 g/mol. The highest BCUT2D eigenvalue weighted by atomic mass is 32.1. The fourth-order valence-electron chi connectivity index (χ4n) is 2.97. The normalized spacial score (nSPS) is 13.2. The van der Waals surface area contributed by atoms with Crippen molar-refractivity contribution >= 4 is 17.0 Å². The number of thiazole rings is 1. The lowest BCUT2D eigenvalue weighted by Crippen LogP contribution is -2.29. The molecule has 162 valence electrons. The molecule has 2 aromatic heterocycles. The summed E-state index contributed by atoms with van der Waals surface area (Å²) in [5.74, 6) is 0.102. The second-order valence-electron chi connectivity index (χ2n) is 6.37. The molecule has 0 aliphatic carbocycles. The molecule has 10 heteroatoms. The Bertz CT molecular complexity index is 1020. The van der Waals surface area contributed by atoms with Gasteiger partial charge in [-0.25, -0.2) is 4.99 Å². The highest BCUT2D eigenvalue weighted by molar-refractivity contribution is 7.07. The summed E-state index contributed by atoms with van der Waals surface area (Å²) >= 11 is 1.40. The number of para-hydroxylation sites is 1. The van der Waals surface area contributed by atoms with Crippen LogP contribution in [0, 0.1) is 0 Å². The number of aryl methyl sites for hydroxylation is 1. The Morgan fingerprint density at radius 1 is 1.23 bits per heavy atom. The van der Waals surface area contributed by atoms with E-state index in [-0.39, 0.29) is 11.9 Å². The Balaban J connectivity index is 2.11. The largest absolute Gasteiger partial charge is 0.434 e. The zero-order valence-electron chi connectivity index (χ0n) is 17.0. The first-order valence-electron chi connectivity index (χ1n) is 9.37. The molecule has 0 fully saturated rings. The van der Waals surface area contributed by atoms with Crippen molar-refractivity contribution in [2.45, 2.75) is 32.7 Å². The second-order valence-corrected chi connectivity index (χ2v) is 7.20. The van der Waals surface area contributed by atoms with Crippen LogP contribution in [0.5, 0.6) is 5.75 Å². The van der Waals surface area contributed by atoms with E-state index in [1.807, 2.05) is 23.1 Å². The van der Waals surface area contributed by atoms with Crippen molar-refractivity contribution in [3.8, 4) is 17.0 Å². The zero-order chi connectivity index (χ0) is 21.5. The first-order valence-corrected chi connectivity index (χ1v) is 10.2. The number of alkyl halides is 2. The minimum atomic E-state index is -2.91. The van der Waals surface area contributed by atoms with Gasteiger partial charge in [-0.15, -0.1) is 11.3 Å². The van der Waals surface area contributed by atoms with Gasteiger partial charge in [0.15, 0.2) is 4.80 Å². The van der Waals surface area contributed by atoms with Crippen LogP contribution in [-0.2, 0) is 22.6 Å². The highest BCUT2D eigenvalue weighted by Crippen LogP contribution is 2.31. The van der Waals surface area contributed by atoms with Crippen LogP contribution in [0.3, 0.4) is 0 Å². The van der Waals surface area contributed by atoms with E-state index in [0.29, 0.717) is 34.9 Å². The standard InChI is InChI=1S/C20H24F2N4O3S/c1-4-25-10-14(9-23-25)24-20-26(11-15(28-3)12-27-2)17(13-30-20)16-7-5-6-8-18(16)29-19(21)22/h5-10,13,15,19H,4,11-12H2,1-3H3. The van der Waals surface area contributed by atoms with Crippen molar-refractivity contribution in [3.05, 3.63) is 46.8 Å². The molecule has 2 heterocycles. The van der Waals surface area contributed by atoms with Gasteiger partial charge in [0, 0.05) is 31.7 Å². The predicted molar refractivity (Wildman–Crippen MR) is 110 cm³/mol. The second kappa shape index (κ2) is 10.5. The molecule has 7 nitrogen and oxygen atoms in total. The van der Waals surface area contributed by atoms with E-state index >= 15 is 0 Å². The molecule has 0 radical (unpaired) electrons. The first-order chi connectivity index (χ1) is 14.5. The van der Waals surface area contributed by atoms with Crippen molar-refractivity contribution in [1.29, 1.82) is 0 Å². The molecule has 3 aromatic rings. The fraction of sp³-hybridized carbons (Fsp3) is 0.400. The Hall–Kier alpha value is -2.56. The van der Waals surface area contributed by atoms with Crippen LogP contribution in [0.25, 0.3) is 11.3 Å².